The van der Waals surface area contributed by atoms with Gasteiger partial charge in [0.1, 0.15) is 11.8 Å². The molecule has 0 N–H and O–H groups in total. The van der Waals surface area contributed by atoms with Gasteiger partial charge in [0.2, 0.25) is 15.9 Å². The van der Waals surface area contributed by atoms with Gasteiger partial charge in [-0.1, -0.05) is 24.3 Å². The number of hydrogen-bond acceptors (Lipinski definition) is 6. The van der Waals surface area contributed by atoms with Crippen LogP contribution in [-0.4, -0.2) is 42.7 Å². The smallest absolute Gasteiger partial charge is 0.252 e. The van der Waals surface area contributed by atoms with Crippen LogP contribution < -0.4 is 9.64 Å². The fraction of sp³-hybridized carbons (Fsp3) is 0.174. The van der Waals surface area contributed by atoms with Crippen molar-refractivity contribution >= 4 is 27.5 Å². The maximum atomic E-state index is 13.6. The first-order valence-electron chi connectivity index (χ1n) is 9.88. The Bertz CT molecular complexity index is 1220. The Hall–Kier alpha value is -3.56. The van der Waals surface area contributed by atoms with E-state index in [-0.39, 0.29) is 17.9 Å². The number of carbonyl (C=O) groups is 2. The van der Waals surface area contributed by atoms with Crippen LogP contribution >= 0.6 is 0 Å². The summed E-state index contributed by atoms with van der Waals surface area (Å²) in [5.74, 6) is -0.528. The minimum atomic E-state index is -4.12. The largest absolute Gasteiger partial charge is 0.497 e. The van der Waals surface area contributed by atoms with Crippen molar-refractivity contribution in [3.63, 3.8) is 0 Å². The number of amides is 2. The van der Waals surface area contributed by atoms with E-state index in [1.165, 1.54) is 37.6 Å². The molecule has 164 valence electrons. The SMILES string of the molecule is COc1ccc(S(=O)(=O)N(Cc2cccnc2)C2CC(=O)N(c3ccccc3)C2=O)cc1. The van der Waals surface area contributed by atoms with Crippen molar-refractivity contribution < 1.29 is 22.7 Å². The van der Waals surface area contributed by atoms with Crippen molar-refractivity contribution in [2.75, 3.05) is 12.0 Å². The average molecular weight is 452 g/mol. The Morgan fingerprint density at radius 2 is 1.75 bits per heavy atom. The second-order valence-electron chi connectivity index (χ2n) is 7.21. The molecule has 0 aliphatic carbocycles. The first-order chi connectivity index (χ1) is 15.4. The van der Waals surface area contributed by atoms with Crippen LogP contribution in [-0.2, 0) is 26.2 Å². The van der Waals surface area contributed by atoms with E-state index in [1.54, 1.807) is 48.7 Å². The molecule has 1 fully saturated rings. The van der Waals surface area contributed by atoms with Crippen LogP contribution in [0, 0.1) is 0 Å². The Labute approximate surface area is 186 Å². The van der Waals surface area contributed by atoms with Crippen molar-refractivity contribution in [1.29, 1.82) is 0 Å². The molecule has 32 heavy (non-hydrogen) atoms. The number of anilines is 1. The number of nitrogens with zero attached hydrogens (tertiary/aromatic N) is 3. The molecule has 1 aliphatic heterocycles. The monoisotopic (exact) mass is 451 g/mol. The Kier molecular flexibility index (Phi) is 6.02. The third-order valence-corrected chi connectivity index (χ3v) is 7.08. The van der Waals surface area contributed by atoms with Crippen LogP contribution in [0.1, 0.15) is 12.0 Å². The number of imide groups is 1. The van der Waals surface area contributed by atoms with E-state index in [2.05, 4.69) is 4.98 Å². The molecule has 1 saturated heterocycles. The van der Waals surface area contributed by atoms with Crippen LogP contribution in [0.4, 0.5) is 5.69 Å². The highest BCUT2D eigenvalue weighted by Gasteiger charge is 2.47. The van der Waals surface area contributed by atoms with E-state index in [0.717, 1.165) is 9.21 Å². The lowest BCUT2D eigenvalue weighted by molar-refractivity contribution is -0.122. The van der Waals surface area contributed by atoms with Crippen LogP contribution in [0.15, 0.2) is 84.0 Å². The van der Waals surface area contributed by atoms with Gasteiger partial charge in [0.15, 0.2) is 0 Å². The van der Waals surface area contributed by atoms with E-state index in [1.807, 2.05) is 0 Å². The number of aromatic nitrogens is 1. The lowest BCUT2D eigenvalue weighted by atomic mass is 10.2. The summed E-state index contributed by atoms with van der Waals surface area (Å²) < 4.78 is 33.4. The zero-order valence-corrected chi connectivity index (χ0v) is 18.1. The third-order valence-electron chi connectivity index (χ3n) is 5.21. The molecule has 9 heteroatoms. The van der Waals surface area contributed by atoms with Gasteiger partial charge in [-0.3, -0.25) is 14.6 Å². The third kappa shape index (κ3) is 4.12. The number of ether oxygens (including phenoxy) is 1. The lowest BCUT2D eigenvalue weighted by Crippen LogP contribution is -2.45. The summed E-state index contributed by atoms with van der Waals surface area (Å²) >= 11 is 0. The van der Waals surface area contributed by atoms with Gasteiger partial charge in [-0.05, 0) is 48.0 Å². The number of rotatable bonds is 7. The molecule has 0 spiro atoms. The van der Waals surface area contributed by atoms with Crippen molar-refractivity contribution in [1.82, 2.24) is 9.29 Å². The fourth-order valence-electron chi connectivity index (χ4n) is 3.61. The molecule has 2 heterocycles. The standard InChI is InChI=1S/C23H21N3O5S/c1-31-19-9-11-20(12-10-19)32(29,30)25(16-17-6-5-13-24-15-17)21-14-22(27)26(23(21)28)18-7-3-2-4-8-18/h2-13,15,21H,14,16H2,1H3. The topological polar surface area (TPSA) is 96.9 Å². The first kappa shape index (κ1) is 21.7. The first-order valence-corrected chi connectivity index (χ1v) is 11.3. The maximum absolute atomic E-state index is 13.6. The van der Waals surface area contributed by atoms with Gasteiger partial charge in [-0.2, -0.15) is 4.31 Å². The molecular weight excluding hydrogens is 430 g/mol. The molecule has 1 unspecified atom stereocenters. The summed E-state index contributed by atoms with van der Waals surface area (Å²) in [5.41, 5.74) is 1.01. The molecular formula is C23H21N3O5S. The zero-order valence-electron chi connectivity index (χ0n) is 17.3. The minimum absolute atomic E-state index is 0.000556. The lowest BCUT2D eigenvalue weighted by Gasteiger charge is -2.27. The van der Waals surface area contributed by atoms with Crippen molar-refractivity contribution in [2.45, 2.75) is 23.9 Å². The van der Waals surface area contributed by atoms with E-state index in [0.29, 0.717) is 17.0 Å². The number of hydrogen-bond donors (Lipinski definition) is 0. The van der Waals surface area contributed by atoms with Gasteiger partial charge in [0, 0.05) is 18.9 Å². The molecule has 4 rings (SSSR count). The number of sulfonamides is 1. The van der Waals surface area contributed by atoms with Crippen molar-refractivity contribution in [3.05, 3.63) is 84.7 Å². The van der Waals surface area contributed by atoms with Crippen LogP contribution in [0.2, 0.25) is 0 Å². The van der Waals surface area contributed by atoms with E-state index < -0.39 is 27.9 Å². The molecule has 1 atom stereocenters. The molecule has 3 aromatic rings. The van der Waals surface area contributed by atoms with Gasteiger partial charge in [-0.15, -0.1) is 0 Å². The number of pyridine rings is 1. The second kappa shape index (κ2) is 8.89. The summed E-state index contributed by atoms with van der Waals surface area (Å²) in [6.07, 6.45) is 2.86. The molecule has 1 aliphatic rings. The second-order valence-corrected chi connectivity index (χ2v) is 9.10. The van der Waals surface area contributed by atoms with Crippen LogP contribution in [0.5, 0.6) is 5.75 Å². The Morgan fingerprint density at radius 1 is 1.03 bits per heavy atom. The predicted molar refractivity (Wildman–Crippen MR) is 117 cm³/mol. The molecule has 2 amide bonds. The molecule has 2 aromatic carbocycles. The van der Waals surface area contributed by atoms with Gasteiger partial charge in [0.25, 0.3) is 5.91 Å². The number of benzene rings is 2. The molecule has 8 nitrogen and oxygen atoms in total. The van der Waals surface area contributed by atoms with Gasteiger partial charge in [0.05, 0.1) is 24.1 Å². The van der Waals surface area contributed by atoms with E-state index in [4.69, 9.17) is 4.74 Å². The number of para-hydroxylation sites is 1. The average Bonchev–Trinajstić information content (AvgIpc) is 3.12. The highest BCUT2D eigenvalue weighted by Crippen LogP contribution is 2.31. The van der Waals surface area contributed by atoms with Gasteiger partial charge < -0.3 is 4.74 Å². The Balaban J connectivity index is 1.74. The normalized spacial score (nSPS) is 16.6. The molecule has 0 bridgehead atoms. The maximum Gasteiger partial charge on any atom is 0.252 e. The Morgan fingerprint density at radius 3 is 2.38 bits per heavy atom. The minimum Gasteiger partial charge on any atom is -0.497 e. The summed E-state index contributed by atoms with van der Waals surface area (Å²) in [4.78, 5) is 31.1. The summed E-state index contributed by atoms with van der Waals surface area (Å²) in [6.45, 7) is -0.103. The van der Waals surface area contributed by atoms with Crippen molar-refractivity contribution in [3.8, 4) is 5.75 Å². The summed E-state index contributed by atoms with van der Waals surface area (Å²) in [5, 5.41) is 0. The molecule has 0 saturated carbocycles. The number of methoxy groups -OCH3 is 1. The quantitative estimate of drug-likeness (QED) is 0.513. The highest BCUT2D eigenvalue weighted by atomic mass is 32.2. The molecule has 0 radical (unpaired) electrons. The van der Waals surface area contributed by atoms with E-state index in [9.17, 15) is 18.0 Å². The van der Waals surface area contributed by atoms with Gasteiger partial charge >= 0.3 is 0 Å². The number of carbonyl (C=O) groups excluding carboxylic acids is 2. The van der Waals surface area contributed by atoms with Crippen molar-refractivity contribution in [2.24, 2.45) is 0 Å². The van der Waals surface area contributed by atoms with Gasteiger partial charge in [-0.25, -0.2) is 13.3 Å². The summed E-state index contributed by atoms with van der Waals surface area (Å²) in [7, 11) is -2.63. The van der Waals surface area contributed by atoms with Crippen LogP contribution in [0.3, 0.4) is 0 Å². The summed E-state index contributed by atoms with van der Waals surface area (Å²) in [6, 6.07) is 16.6. The fourth-order valence-corrected chi connectivity index (χ4v) is 5.18. The zero-order chi connectivity index (χ0) is 22.7. The highest BCUT2D eigenvalue weighted by molar-refractivity contribution is 7.89. The molecule has 1 aromatic heterocycles. The van der Waals surface area contributed by atoms with Crippen LogP contribution in [0.25, 0.3) is 0 Å². The van der Waals surface area contributed by atoms with E-state index >= 15 is 0 Å². The predicted octanol–water partition coefficient (Wildman–Crippen LogP) is 2.61.